The lowest BCUT2D eigenvalue weighted by molar-refractivity contribution is 0.0910. The Bertz CT molecular complexity index is 654. The van der Waals surface area contributed by atoms with Crippen LogP contribution in [-0.4, -0.2) is 11.9 Å². The summed E-state index contributed by atoms with van der Waals surface area (Å²) in [6.45, 7) is 2.22. The van der Waals surface area contributed by atoms with E-state index in [0.717, 1.165) is 12.2 Å². The van der Waals surface area contributed by atoms with E-state index in [1.165, 1.54) is 19.3 Å². The van der Waals surface area contributed by atoms with E-state index in [2.05, 4.69) is 12.2 Å². The largest absolute Gasteiger partial charge is 0.457 e. The fourth-order valence-electron chi connectivity index (χ4n) is 3.11. The lowest BCUT2D eigenvalue weighted by Crippen LogP contribution is -2.41. The van der Waals surface area contributed by atoms with Crippen LogP contribution in [0, 0.1) is 5.92 Å². The molecule has 1 aliphatic rings. The van der Waals surface area contributed by atoms with Crippen LogP contribution in [0.2, 0.25) is 0 Å². The molecule has 0 aliphatic heterocycles. The number of rotatable bonds is 4. The van der Waals surface area contributed by atoms with Crippen molar-refractivity contribution in [2.45, 2.75) is 38.6 Å². The summed E-state index contributed by atoms with van der Waals surface area (Å²) in [4.78, 5) is 12.5. The van der Waals surface area contributed by atoms with Crippen LogP contribution in [0.25, 0.3) is 0 Å². The number of carbonyl (C=O) groups is 1. The van der Waals surface area contributed by atoms with Crippen LogP contribution < -0.4 is 10.1 Å². The van der Waals surface area contributed by atoms with Crippen LogP contribution in [-0.2, 0) is 0 Å². The SMILES string of the molecule is C[C@@H]1CCCC[C@H]1NC(=O)c1cccc(Oc2ccccc2)c1. The van der Waals surface area contributed by atoms with Crippen LogP contribution in [0.5, 0.6) is 11.5 Å². The summed E-state index contributed by atoms with van der Waals surface area (Å²) in [5.74, 6) is 1.99. The van der Waals surface area contributed by atoms with Crippen molar-refractivity contribution in [3.05, 3.63) is 60.2 Å². The maximum atomic E-state index is 12.5. The van der Waals surface area contributed by atoms with Crippen molar-refractivity contribution in [3.63, 3.8) is 0 Å². The molecule has 1 N–H and O–H groups in total. The van der Waals surface area contributed by atoms with Gasteiger partial charge in [0.15, 0.2) is 0 Å². The first-order chi connectivity index (χ1) is 11.2. The normalized spacial score (nSPS) is 20.7. The van der Waals surface area contributed by atoms with Crippen molar-refractivity contribution in [2.24, 2.45) is 5.92 Å². The van der Waals surface area contributed by atoms with Crippen molar-refractivity contribution in [2.75, 3.05) is 0 Å². The number of hydrogen-bond acceptors (Lipinski definition) is 2. The van der Waals surface area contributed by atoms with Crippen molar-refractivity contribution in [1.82, 2.24) is 5.32 Å². The third-order valence-corrected chi connectivity index (χ3v) is 4.50. The minimum Gasteiger partial charge on any atom is -0.457 e. The second-order valence-corrected chi connectivity index (χ2v) is 6.28. The first-order valence-corrected chi connectivity index (χ1v) is 8.36. The first kappa shape index (κ1) is 15.6. The van der Waals surface area contributed by atoms with Crippen molar-refractivity contribution in [3.8, 4) is 11.5 Å². The fourth-order valence-corrected chi connectivity index (χ4v) is 3.11. The molecule has 1 fully saturated rings. The molecule has 3 nitrogen and oxygen atoms in total. The second kappa shape index (κ2) is 7.32. The molecule has 23 heavy (non-hydrogen) atoms. The predicted octanol–water partition coefficient (Wildman–Crippen LogP) is 4.79. The molecule has 0 unspecified atom stereocenters. The van der Waals surface area contributed by atoms with E-state index in [1.54, 1.807) is 6.07 Å². The summed E-state index contributed by atoms with van der Waals surface area (Å²) in [7, 11) is 0. The molecule has 2 aromatic carbocycles. The Morgan fingerprint density at radius 3 is 2.52 bits per heavy atom. The molecular formula is C20H23NO2. The van der Waals surface area contributed by atoms with Gasteiger partial charge < -0.3 is 10.1 Å². The molecule has 0 bridgehead atoms. The molecule has 0 saturated heterocycles. The van der Waals surface area contributed by atoms with Gasteiger partial charge in [0.05, 0.1) is 0 Å². The van der Waals surface area contributed by atoms with Gasteiger partial charge in [-0.2, -0.15) is 0 Å². The topological polar surface area (TPSA) is 38.3 Å². The Morgan fingerprint density at radius 1 is 1.00 bits per heavy atom. The van der Waals surface area contributed by atoms with Gasteiger partial charge in [0.2, 0.25) is 0 Å². The minimum absolute atomic E-state index is 0.0118. The van der Waals surface area contributed by atoms with Crippen LogP contribution in [0.4, 0.5) is 0 Å². The molecule has 2 aromatic rings. The summed E-state index contributed by atoms with van der Waals surface area (Å²) < 4.78 is 5.80. The summed E-state index contributed by atoms with van der Waals surface area (Å²) >= 11 is 0. The number of para-hydroxylation sites is 1. The van der Waals surface area contributed by atoms with Crippen molar-refractivity contribution >= 4 is 5.91 Å². The van der Waals surface area contributed by atoms with Crippen LogP contribution in [0.1, 0.15) is 43.0 Å². The molecule has 1 amide bonds. The second-order valence-electron chi connectivity index (χ2n) is 6.28. The Kier molecular flexibility index (Phi) is 4.96. The molecule has 0 spiro atoms. The predicted molar refractivity (Wildman–Crippen MR) is 91.8 cm³/mol. The van der Waals surface area contributed by atoms with Gasteiger partial charge in [-0.3, -0.25) is 4.79 Å². The molecular weight excluding hydrogens is 286 g/mol. The molecule has 0 radical (unpaired) electrons. The van der Waals surface area contributed by atoms with Gasteiger partial charge >= 0.3 is 0 Å². The Morgan fingerprint density at radius 2 is 1.74 bits per heavy atom. The molecule has 0 heterocycles. The van der Waals surface area contributed by atoms with E-state index in [9.17, 15) is 4.79 Å². The number of hydrogen-bond donors (Lipinski definition) is 1. The zero-order valence-corrected chi connectivity index (χ0v) is 13.5. The van der Waals surface area contributed by atoms with E-state index < -0.39 is 0 Å². The standard InChI is InChI=1S/C20H23NO2/c1-15-8-5-6-13-19(15)21-20(22)16-9-7-12-18(14-16)23-17-10-3-2-4-11-17/h2-4,7,9-12,14-15,19H,5-6,8,13H2,1H3,(H,21,22)/t15-,19-/m1/s1. The highest BCUT2D eigenvalue weighted by Crippen LogP contribution is 2.25. The van der Waals surface area contributed by atoms with E-state index in [4.69, 9.17) is 4.74 Å². The Hall–Kier alpha value is -2.29. The maximum Gasteiger partial charge on any atom is 0.251 e. The highest BCUT2D eigenvalue weighted by molar-refractivity contribution is 5.94. The smallest absolute Gasteiger partial charge is 0.251 e. The summed E-state index contributed by atoms with van der Waals surface area (Å²) in [6.07, 6.45) is 4.75. The quantitative estimate of drug-likeness (QED) is 0.882. The lowest BCUT2D eigenvalue weighted by atomic mass is 9.86. The summed E-state index contributed by atoms with van der Waals surface area (Å²) in [5, 5.41) is 3.18. The number of amides is 1. The van der Waals surface area contributed by atoms with Gasteiger partial charge in [0, 0.05) is 11.6 Å². The van der Waals surface area contributed by atoms with Gasteiger partial charge in [0.25, 0.3) is 5.91 Å². The highest BCUT2D eigenvalue weighted by atomic mass is 16.5. The van der Waals surface area contributed by atoms with E-state index >= 15 is 0 Å². The molecule has 2 atom stereocenters. The van der Waals surface area contributed by atoms with Crippen molar-refractivity contribution < 1.29 is 9.53 Å². The monoisotopic (exact) mass is 309 g/mol. The van der Waals surface area contributed by atoms with Crippen LogP contribution in [0.15, 0.2) is 54.6 Å². The van der Waals surface area contributed by atoms with Gasteiger partial charge in [0.1, 0.15) is 11.5 Å². The van der Waals surface area contributed by atoms with Crippen LogP contribution in [0.3, 0.4) is 0 Å². The first-order valence-electron chi connectivity index (χ1n) is 8.36. The maximum absolute atomic E-state index is 12.5. The number of carbonyl (C=O) groups excluding carboxylic acids is 1. The molecule has 3 rings (SSSR count). The molecule has 120 valence electrons. The zero-order chi connectivity index (χ0) is 16.1. The molecule has 0 aromatic heterocycles. The van der Waals surface area contributed by atoms with Crippen molar-refractivity contribution in [1.29, 1.82) is 0 Å². The van der Waals surface area contributed by atoms with E-state index in [0.29, 0.717) is 17.2 Å². The van der Waals surface area contributed by atoms with E-state index in [-0.39, 0.29) is 11.9 Å². The van der Waals surface area contributed by atoms with Gasteiger partial charge in [-0.1, -0.05) is 44.0 Å². The molecule has 1 aliphatic carbocycles. The van der Waals surface area contributed by atoms with E-state index in [1.807, 2.05) is 48.5 Å². The Balaban J connectivity index is 1.67. The van der Waals surface area contributed by atoms with Gasteiger partial charge in [-0.15, -0.1) is 0 Å². The van der Waals surface area contributed by atoms with Gasteiger partial charge in [-0.25, -0.2) is 0 Å². The molecule has 1 saturated carbocycles. The lowest BCUT2D eigenvalue weighted by Gasteiger charge is -2.29. The molecule has 3 heteroatoms. The highest BCUT2D eigenvalue weighted by Gasteiger charge is 2.23. The number of ether oxygens (including phenoxy) is 1. The average molecular weight is 309 g/mol. The van der Waals surface area contributed by atoms with Gasteiger partial charge in [-0.05, 0) is 49.1 Å². The number of nitrogens with one attached hydrogen (secondary N) is 1. The third-order valence-electron chi connectivity index (χ3n) is 4.50. The average Bonchev–Trinajstić information content (AvgIpc) is 2.58. The van der Waals surface area contributed by atoms with Crippen LogP contribution >= 0.6 is 0 Å². The third kappa shape index (κ3) is 4.13. The number of benzene rings is 2. The summed E-state index contributed by atoms with van der Waals surface area (Å²) in [6, 6.07) is 17.2. The zero-order valence-electron chi connectivity index (χ0n) is 13.5. The minimum atomic E-state index is -0.0118. The Labute approximate surface area is 137 Å². The summed E-state index contributed by atoms with van der Waals surface area (Å²) in [5.41, 5.74) is 0.649. The fraction of sp³-hybridized carbons (Fsp3) is 0.350.